The molecular weight excluding hydrogens is 244 g/mol. The van der Waals surface area contributed by atoms with E-state index in [9.17, 15) is 4.79 Å². The molecule has 5 heteroatoms. The lowest BCUT2D eigenvalue weighted by Crippen LogP contribution is -2.48. The largest absolute Gasteiger partial charge is 0.495 e. The maximum absolute atomic E-state index is 11.2. The Morgan fingerprint density at radius 2 is 2.26 bits per heavy atom. The van der Waals surface area contributed by atoms with E-state index in [1.165, 1.54) is 7.11 Å². The molecule has 0 spiro atoms. The lowest BCUT2D eigenvalue weighted by Gasteiger charge is -2.24. The van der Waals surface area contributed by atoms with Crippen molar-refractivity contribution in [3.05, 3.63) is 29.3 Å². The second kappa shape index (κ2) is 6.21. The van der Waals surface area contributed by atoms with E-state index in [1.807, 2.05) is 13.0 Å². The third kappa shape index (κ3) is 3.46. The summed E-state index contributed by atoms with van der Waals surface area (Å²) < 4.78 is 5.06. The summed E-state index contributed by atoms with van der Waals surface area (Å²) in [6.45, 7) is 3.84. The van der Waals surface area contributed by atoms with Gasteiger partial charge in [0.1, 0.15) is 17.4 Å². The fraction of sp³-hybridized carbons (Fsp3) is 0.429. The zero-order chi connectivity index (χ0) is 14.5. The van der Waals surface area contributed by atoms with Crippen LogP contribution in [0.25, 0.3) is 0 Å². The Bertz CT molecular complexity index is 508. The fourth-order valence-corrected chi connectivity index (χ4v) is 1.60. The van der Waals surface area contributed by atoms with Crippen molar-refractivity contribution in [3.63, 3.8) is 0 Å². The van der Waals surface area contributed by atoms with E-state index >= 15 is 0 Å². The highest BCUT2D eigenvalue weighted by atomic mass is 16.5. The van der Waals surface area contributed by atoms with Gasteiger partial charge in [0.15, 0.2) is 0 Å². The second-order valence-electron chi connectivity index (χ2n) is 4.49. The normalized spacial score (nSPS) is 13.4. The molecule has 102 valence electrons. The number of hydrogen-bond donors (Lipinski definition) is 2. The number of nitrogens with zero attached hydrogens (tertiary/aromatic N) is 1. The number of benzene rings is 1. The standard InChI is InChI=1S/C14H18N2O3/c1-4-14(2,13(17)18)16-9-10-5-6-12(19-3)11(7-10)8-15/h5-7,16H,4,9H2,1-3H3,(H,17,18). The number of carboxylic acids is 1. The molecule has 2 N–H and O–H groups in total. The van der Waals surface area contributed by atoms with Crippen molar-refractivity contribution in [2.24, 2.45) is 0 Å². The van der Waals surface area contributed by atoms with Crippen LogP contribution in [0.3, 0.4) is 0 Å². The summed E-state index contributed by atoms with van der Waals surface area (Å²) in [6.07, 6.45) is 0.476. The zero-order valence-electron chi connectivity index (χ0n) is 11.4. The molecule has 1 aromatic rings. The fourth-order valence-electron chi connectivity index (χ4n) is 1.60. The lowest BCUT2D eigenvalue weighted by atomic mass is 9.98. The molecule has 1 rings (SSSR count). The van der Waals surface area contributed by atoms with Crippen LogP contribution in [0, 0.1) is 11.3 Å². The van der Waals surface area contributed by atoms with Crippen molar-refractivity contribution >= 4 is 5.97 Å². The molecule has 1 aromatic carbocycles. The first-order chi connectivity index (χ1) is 8.96. The second-order valence-corrected chi connectivity index (χ2v) is 4.49. The molecule has 0 bridgehead atoms. The van der Waals surface area contributed by atoms with Gasteiger partial charge in [-0.2, -0.15) is 5.26 Å². The molecule has 0 aliphatic carbocycles. The number of methoxy groups -OCH3 is 1. The van der Waals surface area contributed by atoms with Crippen LogP contribution in [-0.4, -0.2) is 23.7 Å². The Balaban J connectivity index is 2.84. The van der Waals surface area contributed by atoms with Crippen LogP contribution in [0.5, 0.6) is 5.75 Å². The average molecular weight is 262 g/mol. The minimum atomic E-state index is -0.966. The van der Waals surface area contributed by atoms with Crippen LogP contribution < -0.4 is 10.1 Å². The number of nitrogens with one attached hydrogen (secondary N) is 1. The summed E-state index contributed by atoms with van der Waals surface area (Å²) in [5, 5.41) is 21.2. The lowest BCUT2D eigenvalue weighted by molar-refractivity contribution is -0.144. The van der Waals surface area contributed by atoms with Gasteiger partial charge in [0, 0.05) is 6.54 Å². The van der Waals surface area contributed by atoms with Gasteiger partial charge in [0.05, 0.1) is 12.7 Å². The summed E-state index contributed by atoms with van der Waals surface area (Å²) in [4.78, 5) is 11.2. The number of rotatable bonds is 6. The van der Waals surface area contributed by atoms with Crippen LogP contribution in [0.15, 0.2) is 18.2 Å². The summed E-state index contributed by atoms with van der Waals surface area (Å²) in [5.74, 6) is -0.369. The Labute approximate surface area is 112 Å². The first-order valence-electron chi connectivity index (χ1n) is 6.02. The van der Waals surface area contributed by atoms with Gasteiger partial charge in [-0.05, 0) is 31.0 Å². The molecule has 0 fully saturated rings. The van der Waals surface area contributed by atoms with Gasteiger partial charge in [0.25, 0.3) is 0 Å². The Morgan fingerprint density at radius 3 is 2.74 bits per heavy atom. The summed E-state index contributed by atoms with van der Waals surface area (Å²) in [7, 11) is 1.51. The summed E-state index contributed by atoms with van der Waals surface area (Å²) in [5.41, 5.74) is 0.320. The predicted octanol–water partition coefficient (Wildman–Crippen LogP) is 1.91. The zero-order valence-corrected chi connectivity index (χ0v) is 11.4. The van der Waals surface area contributed by atoms with Gasteiger partial charge < -0.3 is 9.84 Å². The van der Waals surface area contributed by atoms with E-state index in [0.29, 0.717) is 24.3 Å². The highest BCUT2D eigenvalue weighted by Crippen LogP contribution is 2.19. The van der Waals surface area contributed by atoms with E-state index < -0.39 is 11.5 Å². The van der Waals surface area contributed by atoms with Crippen LogP contribution in [0.1, 0.15) is 31.4 Å². The molecule has 0 heterocycles. The molecule has 0 saturated heterocycles. The number of aliphatic carboxylic acids is 1. The molecule has 0 amide bonds. The molecule has 0 saturated carbocycles. The van der Waals surface area contributed by atoms with Gasteiger partial charge in [-0.25, -0.2) is 0 Å². The Hall–Kier alpha value is -2.06. The third-order valence-corrected chi connectivity index (χ3v) is 3.25. The van der Waals surface area contributed by atoms with Gasteiger partial charge in [0.2, 0.25) is 0 Å². The molecule has 5 nitrogen and oxygen atoms in total. The van der Waals surface area contributed by atoms with Crippen molar-refractivity contribution in [2.75, 3.05) is 7.11 Å². The summed E-state index contributed by atoms with van der Waals surface area (Å²) >= 11 is 0. The summed E-state index contributed by atoms with van der Waals surface area (Å²) in [6, 6.07) is 7.27. The maximum Gasteiger partial charge on any atom is 0.323 e. The van der Waals surface area contributed by atoms with Crippen molar-refractivity contribution in [1.82, 2.24) is 5.32 Å². The number of ether oxygens (including phenoxy) is 1. The van der Waals surface area contributed by atoms with E-state index in [-0.39, 0.29) is 0 Å². The van der Waals surface area contributed by atoms with Crippen molar-refractivity contribution in [3.8, 4) is 11.8 Å². The minimum absolute atomic E-state index is 0.384. The number of nitriles is 1. The van der Waals surface area contributed by atoms with Crippen LogP contribution in [0.2, 0.25) is 0 Å². The van der Waals surface area contributed by atoms with Gasteiger partial charge in [-0.1, -0.05) is 13.0 Å². The van der Waals surface area contributed by atoms with Gasteiger partial charge >= 0.3 is 5.97 Å². The van der Waals surface area contributed by atoms with Gasteiger partial charge in [-0.3, -0.25) is 10.1 Å². The SMILES string of the molecule is CCC(C)(NCc1ccc(OC)c(C#N)c1)C(=O)O. The molecule has 0 aliphatic heterocycles. The van der Waals surface area contributed by atoms with Crippen LogP contribution in [-0.2, 0) is 11.3 Å². The van der Waals surface area contributed by atoms with E-state index in [1.54, 1.807) is 19.1 Å². The Kier molecular flexibility index (Phi) is 4.90. The maximum atomic E-state index is 11.2. The third-order valence-electron chi connectivity index (χ3n) is 3.25. The van der Waals surface area contributed by atoms with Crippen molar-refractivity contribution < 1.29 is 14.6 Å². The molecule has 1 unspecified atom stereocenters. The average Bonchev–Trinajstić information content (AvgIpc) is 2.43. The molecule has 0 aromatic heterocycles. The number of hydrogen-bond acceptors (Lipinski definition) is 4. The highest BCUT2D eigenvalue weighted by molar-refractivity contribution is 5.78. The van der Waals surface area contributed by atoms with E-state index in [4.69, 9.17) is 15.1 Å². The number of carboxylic acid groups (broad SMARTS) is 1. The molecule has 19 heavy (non-hydrogen) atoms. The van der Waals surface area contributed by atoms with Crippen molar-refractivity contribution in [1.29, 1.82) is 5.26 Å². The predicted molar refractivity (Wildman–Crippen MR) is 70.9 cm³/mol. The number of carbonyl (C=O) groups is 1. The Morgan fingerprint density at radius 1 is 1.58 bits per heavy atom. The van der Waals surface area contributed by atoms with E-state index in [0.717, 1.165) is 5.56 Å². The molecule has 0 aliphatic rings. The monoisotopic (exact) mass is 262 g/mol. The van der Waals surface area contributed by atoms with Gasteiger partial charge in [-0.15, -0.1) is 0 Å². The van der Waals surface area contributed by atoms with Crippen molar-refractivity contribution in [2.45, 2.75) is 32.4 Å². The highest BCUT2D eigenvalue weighted by Gasteiger charge is 2.30. The smallest absolute Gasteiger partial charge is 0.323 e. The quantitative estimate of drug-likeness (QED) is 0.818. The topological polar surface area (TPSA) is 82.3 Å². The first kappa shape index (κ1) is 15.0. The minimum Gasteiger partial charge on any atom is -0.495 e. The first-order valence-corrected chi connectivity index (χ1v) is 6.02. The van der Waals surface area contributed by atoms with E-state index in [2.05, 4.69) is 11.4 Å². The molecule has 1 atom stereocenters. The van der Waals surface area contributed by atoms with Crippen LogP contribution in [0.4, 0.5) is 0 Å². The molecular formula is C14H18N2O3. The van der Waals surface area contributed by atoms with Crippen LogP contribution >= 0.6 is 0 Å². The molecule has 0 radical (unpaired) electrons.